The lowest BCUT2D eigenvalue weighted by Gasteiger charge is -1.95. The molecule has 0 aromatic rings. The van der Waals surface area contributed by atoms with E-state index >= 15 is 0 Å². The van der Waals surface area contributed by atoms with Gasteiger partial charge in [0.15, 0.2) is 0 Å². The van der Waals surface area contributed by atoms with Crippen molar-refractivity contribution in [3.63, 3.8) is 0 Å². The molecule has 8 heteroatoms. The first-order valence-corrected chi connectivity index (χ1v) is 6.46. The van der Waals surface area contributed by atoms with Gasteiger partial charge >= 0.3 is 23.9 Å². The number of aliphatic carboxylic acids is 1. The maximum atomic E-state index is 10.6. The van der Waals surface area contributed by atoms with Crippen LogP contribution in [0.5, 0.6) is 0 Å². The zero-order chi connectivity index (χ0) is 17.4. The number of rotatable bonds is 7. The number of carbonyl (C=O) groups excluding carboxylic acids is 3. The third-order valence-corrected chi connectivity index (χ3v) is 1.58. The fraction of sp³-hybridized carbons (Fsp3) is 0.429. The Balaban J connectivity index is 0. The van der Waals surface area contributed by atoms with Gasteiger partial charge in [0.1, 0.15) is 0 Å². The molecule has 0 bridgehead atoms. The molecule has 1 N–H and O–H groups in total. The molecular weight excluding hydrogens is 296 g/mol. The van der Waals surface area contributed by atoms with Crippen LogP contribution in [0.15, 0.2) is 24.3 Å². The Morgan fingerprint density at radius 3 is 1.18 bits per heavy atom. The van der Waals surface area contributed by atoms with Gasteiger partial charge in [-0.05, 0) is 20.8 Å². The summed E-state index contributed by atoms with van der Waals surface area (Å²) in [7, 11) is 0. The van der Waals surface area contributed by atoms with Crippen LogP contribution in [0.3, 0.4) is 0 Å². The summed E-state index contributed by atoms with van der Waals surface area (Å²) in [6.07, 6.45) is 3.69. The molecule has 0 radical (unpaired) electrons. The molecule has 0 spiro atoms. The zero-order valence-corrected chi connectivity index (χ0v) is 12.7. The Kier molecular flexibility index (Phi) is 14.5. The molecular formula is C14H20O8. The van der Waals surface area contributed by atoms with Crippen LogP contribution in [0.25, 0.3) is 0 Å². The van der Waals surface area contributed by atoms with Crippen molar-refractivity contribution in [2.45, 2.75) is 20.8 Å². The lowest BCUT2D eigenvalue weighted by Crippen LogP contribution is -2.03. The average Bonchev–Trinajstić information content (AvgIpc) is 2.45. The van der Waals surface area contributed by atoms with E-state index in [4.69, 9.17) is 5.11 Å². The minimum Gasteiger partial charge on any atom is -0.478 e. The van der Waals surface area contributed by atoms with Crippen LogP contribution < -0.4 is 0 Å². The van der Waals surface area contributed by atoms with Gasteiger partial charge in [0.05, 0.1) is 19.8 Å². The van der Waals surface area contributed by atoms with E-state index < -0.39 is 23.9 Å². The number of esters is 3. The van der Waals surface area contributed by atoms with Crippen molar-refractivity contribution in [1.82, 2.24) is 0 Å². The third kappa shape index (κ3) is 17.4. The van der Waals surface area contributed by atoms with Crippen molar-refractivity contribution in [1.29, 1.82) is 0 Å². The summed E-state index contributed by atoms with van der Waals surface area (Å²) in [6, 6.07) is 0. The second-order valence-electron chi connectivity index (χ2n) is 3.26. The van der Waals surface area contributed by atoms with E-state index in [0.29, 0.717) is 13.2 Å². The van der Waals surface area contributed by atoms with Crippen LogP contribution in [0.2, 0.25) is 0 Å². The SMILES string of the molecule is CCOC(=O)/C=C\C(=O)O.CCOC(=O)/C=C\C(=O)OCC. The van der Waals surface area contributed by atoms with Gasteiger partial charge in [-0.3, -0.25) is 0 Å². The lowest BCUT2D eigenvalue weighted by molar-refractivity contribution is -0.140. The average molecular weight is 316 g/mol. The molecule has 0 saturated carbocycles. The van der Waals surface area contributed by atoms with Crippen molar-refractivity contribution in [2.75, 3.05) is 19.8 Å². The van der Waals surface area contributed by atoms with E-state index in [0.717, 1.165) is 24.3 Å². The molecule has 0 unspecified atom stereocenters. The highest BCUT2D eigenvalue weighted by Crippen LogP contribution is 1.84. The zero-order valence-electron chi connectivity index (χ0n) is 12.7. The van der Waals surface area contributed by atoms with E-state index in [1.165, 1.54) is 0 Å². The first-order valence-electron chi connectivity index (χ1n) is 6.46. The standard InChI is InChI=1S/C8H12O4.C6H8O4/c1-3-11-7(9)5-6-8(10)12-4-2;1-2-10-6(9)4-3-5(7)8/h5-6H,3-4H2,1-2H3;3-4H,2H2,1H3,(H,7,8)/b6-5-;4-3-. The number of carboxylic acid groups (broad SMARTS) is 1. The monoisotopic (exact) mass is 316 g/mol. The van der Waals surface area contributed by atoms with Crippen LogP contribution in [-0.2, 0) is 33.4 Å². The smallest absolute Gasteiger partial charge is 0.330 e. The molecule has 124 valence electrons. The predicted molar refractivity (Wildman–Crippen MR) is 75.8 cm³/mol. The highest BCUT2D eigenvalue weighted by Gasteiger charge is 1.97. The fourth-order valence-corrected chi connectivity index (χ4v) is 0.847. The molecule has 0 aliphatic heterocycles. The predicted octanol–water partition coefficient (Wildman–Crippen LogP) is 0.859. The highest BCUT2D eigenvalue weighted by atomic mass is 16.5. The van der Waals surface area contributed by atoms with Gasteiger partial charge in [-0.2, -0.15) is 0 Å². The summed E-state index contributed by atoms with van der Waals surface area (Å²) in [4.78, 5) is 41.5. The first-order chi connectivity index (χ1) is 10.4. The molecule has 0 amide bonds. The topological polar surface area (TPSA) is 116 Å². The van der Waals surface area contributed by atoms with E-state index in [-0.39, 0.29) is 6.61 Å². The van der Waals surface area contributed by atoms with Gasteiger partial charge in [-0.1, -0.05) is 0 Å². The molecule has 0 aliphatic carbocycles. The Morgan fingerprint density at radius 2 is 0.955 bits per heavy atom. The van der Waals surface area contributed by atoms with Gasteiger partial charge in [0, 0.05) is 24.3 Å². The number of hydrogen-bond donors (Lipinski definition) is 1. The maximum Gasteiger partial charge on any atom is 0.330 e. The van der Waals surface area contributed by atoms with Crippen molar-refractivity contribution in [3.05, 3.63) is 24.3 Å². The van der Waals surface area contributed by atoms with Crippen molar-refractivity contribution < 1.29 is 38.5 Å². The Hall–Kier alpha value is -2.64. The van der Waals surface area contributed by atoms with Crippen LogP contribution in [-0.4, -0.2) is 48.8 Å². The van der Waals surface area contributed by atoms with Gasteiger partial charge in [0.25, 0.3) is 0 Å². The van der Waals surface area contributed by atoms with E-state index in [1.54, 1.807) is 20.8 Å². The molecule has 8 nitrogen and oxygen atoms in total. The summed E-state index contributed by atoms with van der Waals surface area (Å²) >= 11 is 0. The Bertz CT molecular complexity index is 403. The normalized spacial score (nSPS) is 9.77. The third-order valence-electron chi connectivity index (χ3n) is 1.58. The largest absolute Gasteiger partial charge is 0.478 e. The summed E-state index contributed by atoms with van der Waals surface area (Å²) in [5.41, 5.74) is 0. The molecule has 0 rings (SSSR count). The minimum absolute atomic E-state index is 0.253. The summed E-state index contributed by atoms with van der Waals surface area (Å²) in [5.74, 6) is -2.87. The molecule has 0 saturated heterocycles. The fourth-order valence-electron chi connectivity index (χ4n) is 0.847. The second-order valence-corrected chi connectivity index (χ2v) is 3.26. The number of ether oxygens (including phenoxy) is 3. The van der Waals surface area contributed by atoms with E-state index in [9.17, 15) is 19.2 Å². The molecule has 0 heterocycles. The van der Waals surface area contributed by atoms with E-state index in [2.05, 4.69) is 14.2 Å². The molecule has 0 aliphatic rings. The van der Waals surface area contributed by atoms with Crippen molar-refractivity contribution in [3.8, 4) is 0 Å². The molecule has 0 aromatic carbocycles. The first kappa shape index (κ1) is 21.7. The number of carbonyl (C=O) groups is 4. The van der Waals surface area contributed by atoms with Crippen LogP contribution in [0, 0.1) is 0 Å². The molecule has 22 heavy (non-hydrogen) atoms. The van der Waals surface area contributed by atoms with Crippen LogP contribution in [0.1, 0.15) is 20.8 Å². The van der Waals surface area contributed by atoms with Gasteiger partial charge < -0.3 is 19.3 Å². The quantitative estimate of drug-likeness (QED) is 0.417. The van der Waals surface area contributed by atoms with E-state index in [1.807, 2.05) is 0 Å². The number of hydrogen-bond acceptors (Lipinski definition) is 7. The molecule has 0 fully saturated rings. The summed E-state index contributed by atoms with van der Waals surface area (Å²) < 4.78 is 13.5. The minimum atomic E-state index is -1.16. The Labute approximate surface area is 128 Å². The second kappa shape index (κ2) is 14.8. The maximum absolute atomic E-state index is 10.6. The highest BCUT2D eigenvalue weighted by molar-refractivity contribution is 5.91. The number of carboxylic acids is 1. The van der Waals surface area contributed by atoms with Crippen molar-refractivity contribution in [2.24, 2.45) is 0 Å². The lowest BCUT2D eigenvalue weighted by atomic mass is 10.5. The summed E-state index contributed by atoms with van der Waals surface area (Å²) in [5, 5.41) is 8.04. The van der Waals surface area contributed by atoms with Crippen molar-refractivity contribution >= 4 is 23.9 Å². The Morgan fingerprint density at radius 1 is 0.682 bits per heavy atom. The summed E-state index contributed by atoms with van der Waals surface area (Å²) in [6.45, 7) is 5.87. The van der Waals surface area contributed by atoms with Gasteiger partial charge in [-0.15, -0.1) is 0 Å². The van der Waals surface area contributed by atoms with Gasteiger partial charge in [-0.25, -0.2) is 19.2 Å². The van der Waals surface area contributed by atoms with Gasteiger partial charge in [0.2, 0.25) is 0 Å². The van der Waals surface area contributed by atoms with Crippen LogP contribution >= 0.6 is 0 Å². The molecule has 0 atom stereocenters. The molecule has 0 aromatic heterocycles. The van der Waals surface area contributed by atoms with Crippen LogP contribution in [0.4, 0.5) is 0 Å².